The van der Waals surface area contributed by atoms with Gasteiger partial charge in [-0.2, -0.15) is 0 Å². The Hall–Kier alpha value is -2.08. The fourth-order valence-electron chi connectivity index (χ4n) is 2.80. The van der Waals surface area contributed by atoms with Crippen LogP contribution in [0.25, 0.3) is 0 Å². The fraction of sp³-hybridized carbons (Fsp3) is 0.438. The predicted octanol–water partition coefficient (Wildman–Crippen LogP) is 1.89. The number of halogens is 1. The highest BCUT2D eigenvalue weighted by atomic mass is 19.1. The third-order valence-electron chi connectivity index (χ3n) is 3.83. The van der Waals surface area contributed by atoms with E-state index in [-0.39, 0.29) is 6.04 Å². The van der Waals surface area contributed by atoms with Gasteiger partial charge in [0.05, 0.1) is 12.7 Å². The van der Waals surface area contributed by atoms with E-state index in [9.17, 15) is 4.39 Å². The molecule has 0 spiro atoms. The van der Waals surface area contributed by atoms with Gasteiger partial charge in [-0.15, -0.1) is 0 Å². The Morgan fingerprint density at radius 1 is 1.27 bits per heavy atom. The van der Waals surface area contributed by atoms with Crippen molar-refractivity contribution in [1.29, 1.82) is 0 Å². The van der Waals surface area contributed by atoms with Gasteiger partial charge in [0, 0.05) is 43.4 Å². The Balaban J connectivity index is 1.61. The molecule has 5 nitrogen and oxygen atoms in total. The maximum absolute atomic E-state index is 14.0. The minimum absolute atomic E-state index is 0.0965. The van der Waals surface area contributed by atoms with Crippen LogP contribution in [0.3, 0.4) is 0 Å². The minimum atomic E-state index is -0.854. The van der Waals surface area contributed by atoms with Crippen LogP contribution in [-0.4, -0.2) is 40.3 Å². The normalized spacial score (nSPS) is 21.8. The molecule has 116 valence electrons. The standard InChI is InChI=1S/C16H20FN5/c1-12-6-13(2-3-19-12)8-21-15-7-14(17)10-22(11-15)16-9-18-4-5-20-16/h2-6,9,14-15,21H,7-8,10-11H2,1H3. The van der Waals surface area contributed by atoms with Crippen LogP contribution in [-0.2, 0) is 6.54 Å². The number of anilines is 1. The summed E-state index contributed by atoms with van der Waals surface area (Å²) in [6, 6.07) is 4.12. The Kier molecular flexibility index (Phi) is 4.58. The topological polar surface area (TPSA) is 53.9 Å². The molecular formula is C16H20FN5. The van der Waals surface area contributed by atoms with E-state index in [2.05, 4.69) is 20.3 Å². The summed E-state index contributed by atoms with van der Waals surface area (Å²) in [5, 5.41) is 3.44. The summed E-state index contributed by atoms with van der Waals surface area (Å²) in [5.41, 5.74) is 2.16. The fourth-order valence-corrected chi connectivity index (χ4v) is 2.80. The highest BCUT2D eigenvalue weighted by Crippen LogP contribution is 2.19. The van der Waals surface area contributed by atoms with Gasteiger partial charge in [-0.05, 0) is 31.0 Å². The molecule has 22 heavy (non-hydrogen) atoms. The minimum Gasteiger partial charge on any atom is -0.351 e. The van der Waals surface area contributed by atoms with Gasteiger partial charge in [0.25, 0.3) is 0 Å². The maximum atomic E-state index is 14.0. The number of hydrogen-bond acceptors (Lipinski definition) is 5. The molecule has 1 fully saturated rings. The Bertz CT molecular complexity index is 606. The zero-order valence-electron chi connectivity index (χ0n) is 12.6. The molecule has 2 aromatic rings. The number of nitrogens with zero attached hydrogens (tertiary/aromatic N) is 4. The van der Waals surface area contributed by atoms with Crippen molar-refractivity contribution < 1.29 is 4.39 Å². The van der Waals surface area contributed by atoms with E-state index >= 15 is 0 Å². The lowest BCUT2D eigenvalue weighted by molar-refractivity contribution is 0.248. The van der Waals surface area contributed by atoms with Crippen LogP contribution < -0.4 is 10.2 Å². The van der Waals surface area contributed by atoms with Crippen molar-refractivity contribution in [2.75, 3.05) is 18.0 Å². The van der Waals surface area contributed by atoms with Crippen molar-refractivity contribution in [1.82, 2.24) is 20.3 Å². The van der Waals surface area contributed by atoms with Crippen LogP contribution in [0.15, 0.2) is 36.9 Å². The predicted molar refractivity (Wildman–Crippen MR) is 83.4 cm³/mol. The van der Waals surface area contributed by atoms with Crippen molar-refractivity contribution in [3.63, 3.8) is 0 Å². The zero-order valence-corrected chi connectivity index (χ0v) is 12.6. The first kappa shape index (κ1) is 14.8. The van der Waals surface area contributed by atoms with E-state index < -0.39 is 6.17 Å². The van der Waals surface area contributed by atoms with E-state index in [0.717, 1.165) is 24.6 Å². The highest BCUT2D eigenvalue weighted by molar-refractivity contribution is 5.36. The monoisotopic (exact) mass is 301 g/mol. The first-order valence-corrected chi connectivity index (χ1v) is 7.50. The second-order valence-corrected chi connectivity index (χ2v) is 5.68. The van der Waals surface area contributed by atoms with Gasteiger partial charge < -0.3 is 10.2 Å². The lowest BCUT2D eigenvalue weighted by Crippen LogP contribution is -2.50. The van der Waals surface area contributed by atoms with Gasteiger partial charge in [0.15, 0.2) is 0 Å². The SMILES string of the molecule is Cc1cc(CNC2CC(F)CN(c3cnccn3)C2)ccn1. The molecule has 3 heterocycles. The molecule has 0 saturated carbocycles. The molecule has 2 atom stereocenters. The molecule has 2 aromatic heterocycles. The van der Waals surface area contributed by atoms with E-state index in [4.69, 9.17) is 0 Å². The first-order chi connectivity index (χ1) is 10.7. The van der Waals surface area contributed by atoms with Crippen LogP contribution in [0.5, 0.6) is 0 Å². The lowest BCUT2D eigenvalue weighted by Gasteiger charge is -2.35. The van der Waals surface area contributed by atoms with E-state index in [1.807, 2.05) is 24.0 Å². The van der Waals surface area contributed by atoms with E-state index in [1.165, 1.54) is 5.56 Å². The first-order valence-electron chi connectivity index (χ1n) is 7.50. The van der Waals surface area contributed by atoms with Gasteiger partial charge >= 0.3 is 0 Å². The average molecular weight is 301 g/mol. The van der Waals surface area contributed by atoms with Crippen LogP contribution in [0, 0.1) is 6.92 Å². The highest BCUT2D eigenvalue weighted by Gasteiger charge is 2.27. The van der Waals surface area contributed by atoms with Crippen LogP contribution in [0.2, 0.25) is 0 Å². The number of aryl methyl sites for hydroxylation is 1. The zero-order chi connectivity index (χ0) is 15.4. The Labute approximate surface area is 129 Å². The van der Waals surface area contributed by atoms with E-state index in [0.29, 0.717) is 13.0 Å². The quantitative estimate of drug-likeness (QED) is 0.934. The third-order valence-corrected chi connectivity index (χ3v) is 3.83. The summed E-state index contributed by atoms with van der Waals surface area (Å²) in [6.45, 7) is 3.81. The van der Waals surface area contributed by atoms with Crippen LogP contribution >= 0.6 is 0 Å². The number of alkyl halides is 1. The summed E-state index contributed by atoms with van der Waals surface area (Å²) in [4.78, 5) is 14.5. The summed E-state index contributed by atoms with van der Waals surface area (Å²) >= 11 is 0. The van der Waals surface area contributed by atoms with Gasteiger partial charge in [0.2, 0.25) is 0 Å². The number of piperidine rings is 1. The summed E-state index contributed by atoms with van der Waals surface area (Å²) in [5.74, 6) is 0.733. The van der Waals surface area contributed by atoms with Crippen LogP contribution in [0.4, 0.5) is 10.2 Å². The molecule has 0 aliphatic carbocycles. The number of pyridine rings is 1. The molecule has 1 saturated heterocycles. The van der Waals surface area contributed by atoms with E-state index in [1.54, 1.807) is 24.8 Å². The van der Waals surface area contributed by atoms with Crippen molar-refractivity contribution in [3.8, 4) is 0 Å². The number of aromatic nitrogens is 3. The molecule has 0 radical (unpaired) electrons. The second-order valence-electron chi connectivity index (χ2n) is 5.68. The molecule has 2 unspecified atom stereocenters. The maximum Gasteiger partial charge on any atom is 0.147 e. The third kappa shape index (κ3) is 3.76. The van der Waals surface area contributed by atoms with Gasteiger partial charge in [-0.3, -0.25) is 9.97 Å². The van der Waals surface area contributed by atoms with Gasteiger partial charge in [0.1, 0.15) is 12.0 Å². The van der Waals surface area contributed by atoms with Gasteiger partial charge in [-0.25, -0.2) is 9.37 Å². The van der Waals surface area contributed by atoms with Crippen molar-refractivity contribution >= 4 is 5.82 Å². The van der Waals surface area contributed by atoms with Crippen molar-refractivity contribution in [3.05, 3.63) is 48.2 Å². The molecule has 6 heteroatoms. The number of hydrogen-bond donors (Lipinski definition) is 1. The Morgan fingerprint density at radius 3 is 2.95 bits per heavy atom. The molecule has 0 amide bonds. The number of rotatable bonds is 4. The molecule has 0 bridgehead atoms. The van der Waals surface area contributed by atoms with Crippen LogP contribution in [0.1, 0.15) is 17.7 Å². The number of nitrogens with one attached hydrogen (secondary N) is 1. The average Bonchev–Trinajstić information content (AvgIpc) is 2.53. The van der Waals surface area contributed by atoms with Crippen molar-refractivity contribution in [2.45, 2.75) is 32.1 Å². The smallest absolute Gasteiger partial charge is 0.147 e. The molecule has 1 aliphatic heterocycles. The molecule has 0 aromatic carbocycles. The largest absolute Gasteiger partial charge is 0.351 e. The molecule has 1 N–H and O–H groups in total. The molecule has 1 aliphatic rings. The molecule has 3 rings (SSSR count). The molecular weight excluding hydrogens is 281 g/mol. The Morgan fingerprint density at radius 2 is 2.18 bits per heavy atom. The summed E-state index contributed by atoms with van der Waals surface area (Å²) < 4.78 is 14.0. The van der Waals surface area contributed by atoms with Gasteiger partial charge in [-0.1, -0.05) is 0 Å². The van der Waals surface area contributed by atoms with Crippen molar-refractivity contribution in [2.24, 2.45) is 0 Å². The second kappa shape index (κ2) is 6.79. The summed E-state index contributed by atoms with van der Waals surface area (Å²) in [6.07, 6.45) is 6.42. The summed E-state index contributed by atoms with van der Waals surface area (Å²) in [7, 11) is 0. The lowest BCUT2D eigenvalue weighted by atomic mass is 10.0.